The van der Waals surface area contributed by atoms with Crippen molar-refractivity contribution in [3.8, 4) is 0 Å². The van der Waals surface area contributed by atoms with Gasteiger partial charge in [0, 0.05) is 12.0 Å². The van der Waals surface area contributed by atoms with Crippen LogP contribution in [-0.2, 0) is 14.3 Å². The molecule has 1 amide bonds. The highest BCUT2D eigenvalue weighted by molar-refractivity contribution is 7.16. The van der Waals surface area contributed by atoms with Gasteiger partial charge in [-0.15, -0.1) is 11.3 Å². The number of thiophene rings is 1. The summed E-state index contributed by atoms with van der Waals surface area (Å²) in [5.74, 6) is -0.738. The molecule has 1 aromatic heterocycles. The maximum absolute atomic E-state index is 11.6. The molecule has 94 valence electrons. The van der Waals surface area contributed by atoms with E-state index in [9.17, 15) is 9.59 Å². The van der Waals surface area contributed by atoms with E-state index in [-0.39, 0.29) is 12.5 Å². The van der Waals surface area contributed by atoms with Crippen molar-refractivity contribution < 1.29 is 19.1 Å². The first-order valence-corrected chi connectivity index (χ1v) is 5.80. The molecule has 0 saturated heterocycles. The fraction of sp³-hybridized carbons (Fsp3) is 0.455. The Morgan fingerprint density at radius 3 is 2.47 bits per heavy atom. The minimum Gasteiger partial charge on any atom is -0.465 e. The molecular formula is C11H15NO4S. The van der Waals surface area contributed by atoms with Gasteiger partial charge in [-0.3, -0.25) is 4.79 Å². The van der Waals surface area contributed by atoms with Gasteiger partial charge in [-0.25, -0.2) is 4.79 Å². The van der Waals surface area contributed by atoms with Crippen molar-refractivity contribution in [2.45, 2.75) is 13.8 Å². The van der Waals surface area contributed by atoms with Gasteiger partial charge in [-0.2, -0.15) is 0 Å². The molecule has 1 aromatic rings. The second-order valence-electron chi connectivity index (χ2n) is 3.46. The Hall–Kier alpha value is -1.40. The first-order valence-electron chi connectivity index (χ1n) is 4.98. The number of esters is 1. The zero-order valence-electron chi connectivity index (χ0n) is 10.2. The lowest BCUT2D eigenvalue weighted by Crippen LogP contribution is -2.18. The number of nitrogens with one attached hydrogen (secondary N) is 1. The second-order valence-corrected chi connectivity index (χ2v) is 4.68. The van der Waals surface area contributed by atoms with Crippen LogP contribution in [0.15, 0.2) is 0 Å². The molecule has 1 heterocycles. The number of aryl methyl sites for hydroxylation is 1. The average Bonchev–Trinajstić information content (AvgIpc) is 2.54. The molecule has 0 aliphatic carbocycles. The van der Waals surface area contributed by atoms with Gasteiger partial charge in [0.05, 0.1) is 12.7 Å². The lowest BCUT2D eigenvalue weighted by atomic mass is 10.1. The Kier molecular flexibility index (Phi) is 4.65. The van der Waals surface area contributed by atoms with Gasteiger partial charge in [0.1, 0.15) is 11.6 Å². The van der Waals surface area contributed by atoms with Crippen molar-refractivity contribution in [2.75, 3.05) is 26.1 Å². The first-order chi connectivity index (χ1) is 8.01. The number of ether oxygens (including phenoxy) is 2. The molecule has 6 heteroatoms. The average molecular weight is 257 g/mol. The van der Waals surface area contributed by atoms with Crippen LogP contribution < -0.4 is 5.32 Å². The van der Waals surface area contributed by atoms with Crippen LogP contribution in [0, 0.1) is 13.8 Å². The summed E-state index contributed by atoms with van der Waals surface area (Å²) < 4.78 is 9.41. The maximum atomic E-state index is 11.6. The third-order valence-electron chi connectivity index (χ3n) is 2.30. The Morgan fingerprint density at radius 1 is 1.29 bits per heavy atom. The lowest BCUT2D eigenvalue weighted by molar-refractivity contribution is -0.119. The number of methoxy groups -OCH3 is 2. The topological polar surface area (TPSA) is 64.6 Å². The van der Waals surface area contributed by atoms with Gasteiger partial charge in [-0.05, 0) is 19.4 Å². The van der Waals surface area contributed by atoms with Crippen LogP contribution in [0.3, 0.4) is 0 Å². The second kappa shape index (κ2) is 5.79. The van der Waals surface area contributed by atoms with Gasteiger partial charge < -0.3 is 14.8 Å². The van der Waals surface area contributed by atoms with Gasteiger partial charge in [0.15, 0.2) is 0 Å². The van der Waals surface area contributed by atoms with Gasteiger partial charge in [0.25, 0.3) is 5.91 Å². The predicted molar refractivity (Wildman–Crippen MR) is 65.6 cm³/mol. The van der Waals surface area contributed by atoms with Crippen molar-refractivity contribution in [1.82, 2.24) is 0 Å². The summed E-state index contributed by atoms with van der Waals surface area (Å²) in [5.41, 5.74) is 1.24. The number of carbonyl (C=O) groups excluding carboxylic acids is 2. The summed E-state index contributed by atoms with van der Waals surface area (Å²) in [5, 5.41) is 3.15. The van der Waals surface area contributed by atoms with Crippen molar-refractivity contribution in [2.24, 2.45) is 0 Å². The third kappa shape index (κ3) is 3.04. The van der Waals surface area contributed by atoms with Crippen molar-refractivity contribution in [3.63, 3.8) is 0 Å². The zero-order chi connectivity index (χ0) is 13.0. The van der Waals surface area contributed by atoms with Crippen LogP contribution in [0.2, 0.25) is 0 Å². The number of rotatable bonds is 4. The van der Waals surface area contributed by atoms with Crippen LogP contribution in [0.1, 0.15) is 20.8 Å². The number of carbonyl (C=O) groups is 2. The summed E-state index contributed by atoms with van der Waals surface area (Å²) >= 11 is 1.35. The van der Waals surface area contributed by atoms with Crippen molar-refractivity contribution in [1.29, 1.82) is 0 Å². The number of anilines is 1. The highest BCUT2D eigenvalue weighted by Crippen LogP contribution is 2.32. The molecule has 0 atom stereocenters. The minimum absolute atomic E-state index is 0.0450. The number of hydrogen-bond acceptors (Lipinski definition) is 5. The van der Waals surface area contributed by atoms with Gasteiger partial charge >= 0.3 is 5.97 Å². The molecule has 17 heavy (non-hydrogen) atoms. The molecule has 0 spiro atoms. The molecule has 0 saturated carbocycles. The van der Waals surface area contributed by atoms with E-state index in [2.05, 4.69) is 5.32 Å². The lowest BCUT2D eigenvalue weighted by Gasteiger charge is -2.05. The van der Waals surface area contributed by atoms with Crippen LogP contribution in [-0.4, -0.2) is 32.7 Å². The molecule has 1 rings (SSSR count). The number of amides is 1. The normalized spacial score (nSPS) is 10.1. The summed E-state index contributed by atoms with van der Waals surface area (Å²) in [7, 11) is 2.75. The van der Waals surface area contributed by atoms with Gasteiger partial charge in [0.2, 0.25) is 0 Å². The van der Waals surface area contributed by atoms with Gasteiger partial charge in [-0.1, -0.05) is 0 Å². The van der Waals surface area contributed by atoms with Crippen molar-refractivity contribution in [3.05, 3.63) is 16.0 Å². The fourth-order valence-corrected chi connectivity index (χ4v) is 2.42. The maximum Gasteiger partial charge on any atom is 0.341 e. The van der Waals surface area contributed by atoms with E-state index in [1.807, 2.05) is 13.8 Å². The standard InChI is InChI=1S/C11H15NO4S/c1-6-7(2)17-10(9(6)11(14)16-4)12-8(13)5-15-3/h5H2,1-4H3,(H,12,13). The highest BCUT2D eigenvalue weighted by atomic mass is 32.1. The molecule has 5 nitrogen and oxygen atoms in total. The minimum atomic E-state index is -0.445. The molecule has 0 fully saturated rings. The summed E-state index contributed by atoms with van der Waals surface area (Å²) in [6.07, 6.45) is 0. The molecule has 1 N–H and O–H groups in total. The molecular weight excluding hydrogens is 242 g/mol. The van der Waals surface area contributed by atoms with E-state index in [0.29, 0.717) is 10.6 Å². The van der Waals surface area contributed by atoms with Crippen molar-refractivity contribution >= 4 is 28.2 Å². The summed E-state index contributed by atoms with van der Waals surface area (Å²) in [6.45, 7) is 3.67. The summed E-state index contributed by atoms with van der Waals surface area (Å²) in [6, 6.07) is 0. The molecule has 0 aliphatic rings. The van der Waals surface area contributed by atoms with Crippen LogP contribution in [0.4, 0.5) is 5.00 Å². The largest absolute Gasteiger partial charge is 0.465 e. The Labute approximate surface area is 104 Å². The van der Waals surface area contributed by atoms with E-state index in [1.54, 1.807) is 0 Å². The smallest absolute Gasteiger partial charge is 0.341 e. The fourth-order valence-electron chi connectivity index (χ4n) is 1.36. The quantitative estimate of drug-likeness (QED) is 0.834. The monoisotopic (exact) mass is 257 g/mol. The number of hydrogen-bond donors (Lipinski definition) is 1. The van der Waals surface area contributed by atoms with Crippen LogP contribution in [0.25, 0.3) is 0 Å². The Balaban J connectivity index is 3.03. The van der Waals surface area contributed by atoms with E-state index in [4.69, 9.17) is 9.47 Å². The Morgan fingerprint density at radius 2 is 1.94 bits per heavy atom. The van der Waals surface area contributed by atoms with E-state index in [1.165, 1.54) is 25.6 Å². The van der Waals surface area contributed by atoms with Crippen LogP contribution >= 0.6 is 11.3 Å². The molecule has 0 radical (unpaired) electrons. The van der Waals surface area contributed by atoms with E-state index >= 15 is 0 Å². The molecule has 0 bridgehead atoms. The highest BCUT2D eigenvalue weighted by Gasteiger charge is 2.21. The third-order valence-corrected chi connectivity index (χ3v) is 3.43. The Bertz CT molecular complexity index is 439. The van der Waals surface area contributed by atoms with Crippen LogP contribution in [0.5, 0.6) is 0 Å². The SMILES string of the molecule is COCC(=O)Nc1sc(C)c(C)c1C(=O)OC. The summed E-state index contributed by atoms with van der Waals surface area (Å²) in [4.78, 5) is 24.0. The molecule has 0 aromatic carbocycles. The zero-order valence-corrected chi connectivity index (χ0v) is 11.1. The van der Waals surface area contributed by atoms with E-state index < -0.39 is 5.97 Å². The van der Waals surface area contributed by atoms with E-state index in [0.717, 1.165) is 10.4 Å². The predicted octanol–water partition coefficient (Wildman–Crippen LogP) is 1.74. The first kappa shape index (κ1) is 13.7. The molecule has 0 aliphatic heterocycles. The molecule has 0 unspecified atom stereocenters.